The summed E-state index contributed by atoms with van der Waals surface area (Å²) < 4.78 is 0.572. The van der Waals surface area contributed by atoms with E-state index in [4.69, 9.17) is 11.5 Å². The Morgan fingerprint density at radius 2 is 2.09 bits per heavy atom. The van der Waals surface area contributed by atoms with Crippen LogP contribution in [-0.2, 0) is 20.9 Å². The second kappa shape index (κ2) is 11.1. The van der Waals surface area contributed by atoms with Crippen molar-refractivity contribution in [1.29, 1.82) is 0 Å². The van der Waals surface area contributed by atoms with E-state index in [9.17, 15) is 24.3 Å². The van der Waals surface area contributed by atoms with E-state index in [1.165, 1.54) is 51.5 Å². The molecule has 2 aliphatic heterocycles. The van der Waals surface area contributed by atoms with Crippen LogP contribution in [0.25, 0.3) is 0 Å². The van der Waals surface area contributed by atoms with Gasteiger partial charge in [-0.15, -0.1) is 22.0 Å². The molecule has 0 spiro atoms. The van der Waals surface area contributed by atoms with Crippen molar-refractivity contribution >= 4 is 76.4 Å². The second-order valence-corrected chi connectivity index (χ2v) is 10.8. The number of thioether (sulfide) groups is 3. The molecule has 0 aromatic carbocycles. The minimum atomic E-state index is -1.20. The first kappa shape index (κ1) is 25.1. The number of carbonyl (C=O) groups excluding carboxylic acids is 3. The molecule has 1 saturated heterocycles. The molecule has 7 N–H and O–H groups in total. The SMILES string of the molecule is CSCC(=O)NC1C(=O)N2C(C(=O)O)=C(CSc3nnc(CNC(=O)N=C(N)N)s3)CS[C@H]12. The number of hydrogen-bond donors (Lipinski definition) is 5. The zero-order valence-corrected chi connectivity index (χ0v) is 20.4. The molecule has 0 aliphatic carbocycles. The fourth-order valence-electron chi connectivity index (χ4n) is 2.97. The number of hydrogen-bond acceptors (Lipinski definition) is 10. The molecule has 1 aromatic heterocycles. The highest BCUT2D eigenvalue weighted by molar-refractivity contribution is 8.01. The lowest BCUT2D eigenvalue weighted by Crippen LogP contribution is -2.70. The van der Waals surface area contributed by atoms with Crippen molar-refractivity contribution in [2.45, 2.75) is 22.3 Å². The van der Waals surface area contributed by atoms with Crippen LogP contribution in [0.3, 0.4) is 0 Å². The Balaban J connectivity index is 1.61. The topological polar surface area (TPSA) is 206 Å². The van der Waals surface area contributed by atoms with E-state index in [-0.39, 0.29) is 29.9 Å². The summed E-state index contributed by atoms with van der Waals surface area (Å²) >= 11 is 5.25. The fraction of sp³-hybridized carbons (Fsp3) is 0.438. The summed E-state index contributed by atoms with van der Waals surface area (Å²) in [5.41, 5.74) is 10.8. The van der Waals surface area contributed by atoms with Crippen LogP contribution in [0.1, 0.15) is 5.01 Å². The number of nitrogens with zero attached hydrogens (tertiary/aromatic N) is 4. The van der Waals surface area contributed by atoms with Crippen LogP contribution in [0.4, 0.5) is 4.79 Å². The van der Waals surface area contributed by atoms with Crippen molar-refractivity contribution < 1.29 is 24.3 Å². The number of β-lactam (4-membered cyclic amide) rings is 1. The molecule has 3 rings (SSSR count). The molecule has 0 bridgehead atoms. The summed E-state index contributed by atoms with van der Waals surface area (Å²) in [5.74, 6) is -1.32. The average molecular weight is 533 g/mol. The summed E-state index contributed by atoms with van der Waals surface area (Å²) in [4.78, 5) is 52.3. The number of amides is 4. The number of nitrogens with one attached hydrogen (secondary N) is 2. The summed E-state index contributed by atoms with van der Waals surface area (Å²) in [6, 6.07) is -1.43. The Hall–Kier alpha value is -2.50. The van der Waals surface area contributed by atoms with Crippen LogP contribution in [0, 0.1) is 0 Å². The zero-order chi connectivity index (χ0) is 24.1. The number of nitrogens with two attached hydrogens (primary N) is 2. The van der Waals surface area contributed by atoms with Gasteiger partial charge in [-0.05, 0) is 11.8 Å². The predicted octanol–water partition coefficient (Wildman–Crippen LogP) is -0.785. The number of aliphatic imine (C=N–C) groups is 1. The summed E-state index contributed by atoms with van der Waals surface area (Å²) in [5, 5.41) is 22.9. The number of carboxylic acid groups (broad SMARTS) is 1. The highest BCUT2D eigenvalue weighted by Gasteiger charge is 2.54. The minimum Gasteiger partial charge on any atom is -0.477 e. The third-order valence-corrected chi connectivity index (χ3v) is 8.31. The Labute approximate surface area is 204 Å². The molecule has 178 valence electrons. The number of fused-ring (bicyclic) bond motifs is 1. The van der Waals surface area contributed by atoms with Gasteiger partial charge in [-0.2, -0.15) is 16.8 Å². The van der Waals surface area contributed by atoms with Crippen LogP contribution in [-0.4, -0.2) is 84.9 Å². The molecule has 0 radical (unpaired) electrons. The molecule has 2 atom stereocenters. The summed E-state index contributed by atoms with van der Waals surface area (Å²) in [7, 11) is 0. The van der Waals surface area contributed by atoms with Gasteiger partial charge < -0.3 is 27.2 Å². The summed E-state index contributed by atoms with van der Waals surface area (Å²) in [6.45, 7) is 0.0837. The highest BCUT2D eigenvalue weighted by atomic mass is 32.2. The number of rotatable bonds is 9. The van der Waals surface area contributed by atoms with Crippen LogP contribution < -0.4 is 22.1 Å². The maximum Gasteiger partial charge on any atom is 0.352 e. The quantitative estimate of drug-likeness (QED) is 0.115. The number of carboxylic acids is 1. The van der Waals surface area contributed by atoms with E-state index in [0.29, 0.717) is 26.4 Å². The highest BCUT2D eigenvalue weighted by Crippen LogP contribution is 2.41. The molecule has 0 saturated carbocycles. The second-order valence-electron chi connectivity index (χ2n) is 6.59. The first-order chi connectivity index (χ1) is 15.7. The van der Waals surface area contributed by atoms with E-state index < -0.39 is 29.3 Å². The number of urea groups is 1. The first-order valence-corrected chi connectivity index (χ1v) is 13.5. The van der Waals surface area contributed by atoms with Crippen LogP contribution in [0.5, 0.6) is 0 Å². The average Bonchev–Trinajstić information content (AvgIpc) is 3.21. The Kier molecular flexibility index (Phi) is 8.44. The van der Waals surface area contributed by atoms with Gasteiger partial charge in [0.15, 0.2) is 10.3 Å². The molecule has 13 nitrogen and oxygen atoms in total. The van der Waals surface area contributed by atoms with E-state index in [0.717, 1.165) is 0 Å². The molecule has 1 fully saturated rings. The Morgan fingerprint density at radius 3 is 2.76 bits per heavy atom. The molecule has 33 heavy (non-hydrogen) atoms. The lowest BCUT2D eigenvalue weighted by Gasteiger charge is -2.49. The van der Waals surface area contributed by atoms with Gasteiger partial charge in [-0.3, -0.25) is 14.5 Å². The van der Waals surface area contributed by atoms with Crippen LogP contribution in [0.15, 0.2) is 20.6 Å². The number of guanidine groups is 1. The third kappa shape index (κ3) is 6.10. The lowest BCUT2D eigenvalue weighted by atomic mass is 10.0. The van der Waals surface area contributed by atoms with E-state index in [1.54, 1.807) is 6.26 Å². The first-order valence-electron chi connectivity index (χ1n) is 9.22. The van der Waals surface area contributed by atoms with Gasteiger partial charge in [0.25, 0.3) is 5.91 Å². The van der Waals surface area contributed by atoms with Crippen molar-refractivity contribution in [3.8, 4) is 0 Å². The van der Waals surface area contributed by atoms with E-state index >= 15 is 0 Å². The molecular weight excluding hydrogens is 512 g/mol. The maximum absolute atomic E-state index is 12.6. The van der Waals surface area contributed by atoms with E-state index in [2.05, 4.69) is 25.8 Å². The molecule has 1 aromatic rings. The zero-order valence-electron chi connectivity index (χ0n) is 17.1. The van der Waals surface area contributed by atoms with Gasteiger partial charge in [-0.25, -0.2) is 9.59 Å². The van der Waals surface area contributed by atoms with Crippen LogP contribution >= 0.6 is 46.6 Å². The van der Waals surface area contributed by atoms with Gasteiger partial charge in [0.2, 0.25) is 5.91 Å². The van der Waals surface area contributed by atoms with Gasteiger partial charge >= 0.3 is 12.0 Å². The largest absolute Gasteiger partial charge is 0.477 e. The molecule has 2 aliphatic rings. The predicted molar refractivity (Wildman–Crippen MR) is 127 cm³/mol. The van der Waals surface area contributed by atoms with Crippen molar-refractivity contribution in [2.24, 2.45) is 16.5 Å². The third-order valence-electron chi connectivity index (χ3n) is 4.28. The molecule has 1 unspecified atom stereocenters. The minimum absolute atomic E-state index is 0.0548. The number of carbonyl (C=O) groups is 4. The monoisotopic (exact) mass is 532 g/mol. The Bertz CT molecular complexity index is 1020. The molecule has 17 heteroatoms. The lowest BCUT2D eigenvalue weighted by molar-refractivity contribution is -0.150. The van der Waals surface area contributed by atoms with Gasteiger partial charge in [-0.1, -0.05) is 23.1 Å². The van der Waals surface area contributed by atoms with E-state index in [1.807, 2.05) is 0 Å². The normalized spacial score (nSPS) is 19.4. The van der Waals surface area contributed by atoms with Crippen molar-refractivity contribution in [2.75, 3.05) is 23.5 Å². The number of aliphatic carboxylic acids is 1. The van der Waals surface area contributed by atoms with Crippen molar-refractivity contribution in [3.63, 3.8) is 0 Å². The van der Waals surface area contributed by atoms with Crippen LogP contribution in [0.2, 0.25) is 0 Å². The molecule has 3 heterocycles. The maximum atomic E-state index is 12.6. The smallest absolute Gasteiger partial charge is 0.352 e. The van der Waals surface area contributed by atoms with Gasteiger partial charge in [0.1, 0.15) is 22.1 Å². The standard InChI is InChI=1S/C16H20N8O5S4/c1-30-5-7(25)20-9-11(26)24-10(13(27)28)6(3-31-12(9)24)4-32-16-23-22-8(33-16)2-19-15(29)21-14(17)18/h9,12H,2-5H2,1H3,(H,20,25)(H,27,28)(H5,17,18,19,21,29)/t9?,12-/m1/s1. The van der Waals surface area contributed by atoms with Gasteiger partial charge in [0.05, 0.1) is 12.3 Å². The Morgan fingerprint density at radius 1 is 1.33 bits per heavy atom. The van der Waals surface area contributed by atoms with Crippen molar-refractivity contribution in [1.82, 2.24) is 25.7 Å². The molecular formula is C16H20N8O5S4. The fourth-order valence-corrected chi connectivity index (χ4v) is 6.63. The van der Waals surface area contributed by atoms with Crippen molar-refractivity contribution in [3.05, 3.63) is 16.3 Å². The van der Waals surface area contributed by atoms with Gasteiger partial charge in [0, 0.05) is 11.5 Å². The number of aromatic nitrogens is 2. The molecule has 4 amide bonds. The summed E-state index contributed by atoms with van der Waals surface area (Å²) in [6.07, 6.45) is 1.78.